The van der Waals surface area contributed by atoms with Crippen molar-refractivity contribution in [3.05, 3.63) is 47.0 Å². The maximum absolute atomic E-state index is 10.9. The SMILES string of the molecule is Cc1c(-c2ncnc(Nc3cnn(C)c3)n2)ccc([C@@H](C)NC(=O)O)c1Cl. The third-order valence-corrected chi connectivity index (χ3v) is 4.50. The molecule has 0 aliphatic carbocycles. The summed E-state index contributed by atoms with van der Waals surface area (Å²) in [5.41, 5.74) is 2.94. The molecule has 0 radical (unpaired) electrons. The fourth-order valence-electron chi connectivity index (χ4n) is 2.65. The predicted molar refractivity (Wildman–Crippen MR) is 101 cm³/mol. The van der Waals surface area contributed by atoms with Crippen LogP contribution < -0.4 is 10.6 Å². The summed E-state index contributed by atoms with van der Waals surface area (Å²) >= 11 is 6.47. The third kappa shape index (κ3) is 4.14. The number of hydrogen-bond donors (Lipinski definition) is 3. The summed E-state index contributed by atoms with van der Waals surface area (Å²) in [7, 11) is 1.82. The minimum Gasteiger partial charge on any atom is -0.465 e. The smallest absolute Gasteiger partial charge is 0.405 e. The van der Waals surface area contributed by atoms with E-state index in [0.29, 0.717) is 22.4 Å². The van der Waals surface area contributed by atoms with Crippen molar-refractivity contribution in [2.24, 2.45) is 7.05 Å². The van der Waals surface area contributed by atoms with Crippen LogP contribution in [0.1, 0.15) is 24.1 Å². The number of hydrogen-bond acceptors (Lipinski definition) is 6. The molecule has 3 aromatic rings. The summed E-state index contributed by atoms with van der Waals surface area (Å²) in [6.45, 7) is 3.57. The number of anilines is 2. The second-order valence-electron chi connectivity index (χ2n) is 5.97. The van der Waals surface area contributed by atoms with Gasteiger partial charge in [0.25, 0.3) is 0 Å². The number of nitrogens with zero attached hydrogens (tertiary/aromatic N) is 5. The Bertz CT molecular complexity index is 989. The first-order valence-electron chi connectivity index (χ1n) is 8.08. The topological polar surface area (TPSA) is 118 Å². The van der Waals surface area contributed by atoms with Crippen molar-refractivity contribution in [1.82, 2.24) is 30.0 Å². The molecule has 0 fully saturated rings. The van der Waals surface area contributed by atoms with Gasteiger partial charge >= 0.3 is 6.09 Å². The van der Waals surface area contributed by atoms with Gasteiger partial charge in [-0.25, -0.2) is 14.8 Å². The van der Waals surface area contributed by atoms with Gasteiger partial charge in [0.05, 0.1) is 17.9 Å². The van der Waals surface area contributed by atoms with Gasteiger partial charge in [0.2, 0.25) is 5.95 Å². The standard InChI is InChI=1S/C17H18ClN7O2/c1-9-12(4-5-13(14(9)18)10(2)22-17(26)27)15-19-8-20-16(24-15)23-11-6-21-25(3)7-11/h4-8,10,22H,1-3H3,(H,26,27)(H,19,20,23,24)/t10-/m1/s1. The van der Waals surface area contributed by atoms with Gasteiger partial charge in [0.15, 0.2) is 5.82 Å². The lowest BCUT2D eigenvalue weighted by atomic mass is 10.0. The first-order chi connectivity index (χ1) is 12.8. The Morgan fingerprint density at radius 3 is 2.78 bits per heavy atom. The molecule has 0 bridgehead atoms. The Kier molecular flexibility index (Phi) is 5.22. The lowest BCUT2D eigenvalue weighted by Gasteiger charge is -2.17. The van der Waals surface area contributed by atoms with E-state index in [9.17, 15) is 4.79 Å². The summed E-state index contributed by atoms with van der Waals surface area (Å²) < 4.78 is 1.67. The number of amides is 1. The van der Waals surface area contributed by atoms with Gasteiger partial charge in [-0.15, -0.1) is 0 Å². The highest BCUT2D eigenvalue weighted by Gasteiger charge is 2.17. The van der Waals surface area contributed by atoms with Crippen molar-refractivity contribution in [1.29, 1.82) is 0 Å². The summed E-state index contributed by atoms with van der Waals surface area (Å²) in [6, 6.07) is 3.15. The first kappa shape index (κ1) is 18.6. The molecule has 1 atom stereocenters. The Balaban J connectivity index is 1.91. The van der Waals surface area contributed by atoms with Gasteiger partial charge in [-0.3, -0.25) is 4.68 Å². The van der Waals surface area contributed by atoms with Crippen molar-refractivity contribution < 1.29 is 9.90 Å². The molecule has 1 aromatic carbocycles. The number of aryl methyl sites for hydroxylation is 1. The van der Waals surface area contributed by atoms with E-state index in [1.807, 2.05) is 20.0 Å². The van der Waals surface area contributed by atoms with Crippen LogP contribution in [0, 0.1) is 6.92 Å². The lowest BCUT2D eigenvalue weighted by Crippen LogP contribution is -2.24. The summed E-state index contributed by atoms with van der Waals surface area (Å²) in [4.78, 5) is 23.6. The van der Waals surface area contributed by atoms with Crippen molar-refractivity contribution in [2.45, 2.75) is 19.9 Å². The molecule has 1 amide bonds. The highest BCUT2D eigenvalue weighted by molar-refractivity contribution is 6.32. The fraction of sp³-hybridized carbons (Fsp3) is 0.235. The van der Waals surface area contributed by atoms with E-state index < -0.39 is 12.1 Å². The Hall–Kier alpha value is -3.20. The van der Waals surface area contributed by atoms with Crippen molar-refractivity contribution in [3.8, 4) is 11.4 Å². The van der Waals surface area contributed by atoms with E-state index in [1.54, 1.807) is 30.1 Å². The second-order valence-corrected chi connectivity index (χ2v) is 6.35. The van der Waals surface area contributed by atoms with E-state index >= 15 is 0 Å². The zero-order valence-corrected chi connectivity index (χ0v) is 15.7. The number of carbonyl (C=O) groups is 1. The van der Waals surface area contributed by atoms with Gasteiger partial charge < -0.3 is 15.7 Å². The number of rotatable bonds is 5. The van der Waals surface area contributed by atoms with E-state index in [1.165, 1.54) is 6.33 Å². The number of halogens is 1. The minimum absolute atomic E-state index is 0.383. The lowest BCUT2D eigenvalue weighted by molar-refractivity contribution is 0.191. The van der Waals surface area contributed by atoms with Crippen LogP contribution in [0.4, 0.5) is 16.4 Å². The highest BCUT2D eigenvalue weighted by Crippen LogP contribution is 2.32. The molecule has 0 unspecified atom stereocenters. The van der Waals surface area contributed by atoms with Crippen molar-refractivity contribution >= 4 is 29.3 Å². The molecule has 0 saturated heterocycles. The zero-order chi connectivity index (χ0) is 19.6. The van der Waals surface area contributed by atoms with Crippen LogP contribution in [-0.2, 0) is 7.05 Å². The number of nitrogens with one attached hydrogen (secondary N) is 2. The van der Waals surface area contributed by atoms with Gasteiger partial charge in [-0.2, -0.15) is 10.1 Å². The van der Waals surface area contributed by atoms with E-state index in [2.05, 4.69) is 30.7 Å². The molecule has 3 rings (SSSR count). The maximum atomic E-state index is 10.9. The Morgan fingerprint density at radius 1 is 1.33 bits per heavy atom. The molecule has 2 aromatic heterocycles. The molecule has 9 nitrogen and oxygen atoms in total. The van der Waals surface area contributed by atoms with Crippen LogP contribution in [0.2, 0.25) is 5.02 Å². The average Bonchev–Trinajstić information content (AvgIpc) is 3.01. The molecule has 3 N–H and O–H groups in total. The van der Waals surface area contributed by atoms with Crippen LogP contribution in [-0.4, -0.2) is 35.9 Å². The molecule has 2 heterocycles. The van der Waals surface area contributed by atoms with Gasteiger partial charge in [0, 0.05) is 23.8 Å². The predicted octanol–water partition coefficient (Wildman–Crippen LogP) is 3.31. The summed E-state index contributed by atoms with van der Waals surface area (Å²) in [5, 5.41) is 18.9. The van der Waals surface area contributed by atoms with Crippen LogP contribution in [0.25, 0.3) is 11.4 Å². The van der Waals surface area contributed by atoms with E-state index in [0.717, 1.165) is 16.8 Å². The molecular weight excluding hydrogens is 370 g/mol. The van der Waals surface area contributed by atoms with Crippen LogP contribution >= 0.6 is 11.6 Å². The maximum Gasteiger partial charge on any atom is 0.405 e. The molecule has 0 aliphatic rings. The molecule has 10 heteroatoms. The van der Waals surface area contributed by atoms with Crippen LogP contribution in [0.5, 0.6) is 0 Å². The third-order valence-electron chi connectivity index (χ3n) is 4.00. The Morgan fingerprint density at radius 2 is 2.11 bits per heavy atom. The zero-order valence-electron chi connectivity index (χ0n) is 14.9. The number of benzene rings is 1. The largest absolute Gasteiger partial charge is 0.465 e. The molecule has 0 aliphatic heterocycles. The number of carboxylic acid groups (broad SMARTS) is 1. The molecule has 140 valence electrons. The molecule has 0 saturated carbocycles. The Labute approximate surface area is 160 Å². The minimum atomic E-state index is -1.11. The molecule has 0 spiro atoms. The van der Waals surface area contributed by atoms with Gasteiger partial charge in [-0.1, -0.05) is 23.7 Å². The molecule has 27 heavy (non-hydrogen) atoms. The first-order valence-corrected chi connectivity index (χ1v) is 8.46. The number of aromatic nitrogens is 5. The normalized spacial score (nSPS) is 11.9. The summed E-state index contributed by atoms with van der Waals surface area (Å²) in [6.07, 6.45) is 3.77. The van der Waals surface area contributed by atoms with Crippen molar-refractivity contribution in [3.63, 3.8) is 0 Å². The van der Waals surface area contributed by atoms with Crippen LogP contribution in [0.3, 0.4) is 0 Å². The fourth-order valence-corrected chi connectivity index (χ4v) is 2.98. The monoisotopic (exact) mass is 387 g/mol. The molecular formula is C17H18ClN7O2. The quantitative estimate of drug-likeness (QED) is 0.614. The van der Waals surface area contributed by atoms with Crippen LogP contribution in [0.15, 0.2) is 30.9 Å². The van der Waals surface area contributed by atoms with Crippen molar-refractivity contribution in [2.75, 3.05) is 5.32 Å². The van der Waals surface area contributed by atoms with Gasteiger partial charge in [-0.05, 0) is 25.0 Å². The van der Waals surface area contributed by atoms with Gasteiger partial charge in [0.1, 0.15) is 6.33 Å². The summed E-state index contributed by atoms with van der Waals surface area (Å²) in [5.74, 6) is 0.842. The average molecular weight is 388 g/mol. The second kappa shape index (κ2) is 7.58. The highest BCUT2D eigenvalue weighted by atomic mass is 35.5. The van der Waals surface area contributed by atoms with E-state index in [4.69, 9.17) is 16.7 Å². The van der Waals surface area contributed by atoms with E-state index in [-0.39, 0.29) is 0 Å².